The molecule has 1 aliphatic rings. The minimum atomic E-state index is -0.592. The van der Waals surface area contributed by atoms with E-state index in [-0.39, 0.29) is 17.7 Å². The Bertz CT molecular complexity index is 1010. The molecular weight excluding hydrogens is 366 g/mol. The SMILES string of the molecule is Cc1cccc(C(=O)NC(C)C(=O)N2CCCC(c3nc4ccccc4o3)C2)c1. The number of nitrogens with one attached hydrogen (secondary N) is 1. The van der Waals surface area contributed by atoms with E-state index in [1.807, 2.05) is 54.3 Å². The third-order valence-electron chi connectivity index (χ3n) is 5.39. The van der Waals surface area contributed by atoms with Crippen molar-refractivity contribution >= 4 is 22.9 Å². The molecule has 2 unspecified atom stereocenters. The summed E-state index contributed by atoms with van der Waals surface area (Å²) in [6.45, 7) is 4.90. The number of rotatable bonds is 4. The summed E-state index contributed by atoms with van der Waals surface area (Å²) >= 11 is 0. The van der Waals surface area contributed by atoms with Crippen LogP contribution in [0.3, 0.4) is 0 Å². The third-order valence-corrected chi connectivity index (χ3v) is 5.39. The molecule has 3 aromatic rings. The Labute approximate surface area is 169 Å². The molecular formula is C23H25N3O3. The zero-order valence-electron chi connectivity index (χ0n) is 16.7. The molecule has 2 amide bonds. The van der Waals surface area contributed by atoms with Crippen molar-refractivity contribution in [2.24, 2.45) is 0 Å². The summed E-state index contributed by atoms with van der Waals surface area (Å²) in [5.74, 6) is 0.439. The van der Waals surface area contributed by atoms with Crippen LogP contribution in [0.25, 0.3) is 11.1 Å². The fourth-order valence-corrected chi connectivity index (χ4v) is 3.85. The highest BCUT2D eigenvalue weighted by Crippen LogP contribution is 2.29. The fraction of sp³-hybridized carbons (Fsp3) is 0.348. The number of piperidine rings is 1. The van der Waals surface area contributed by atoms with Gasteiger partial charge in [-0.2, -0.15) is 0 Å². The van der Waals surface area contributed by atoms with Crippen molar-refractivity contribution in [3.05, 3.63) is 65.5 Å². The number of benzene rings is 2. The average molecular weight is 391 g/mol. The van der Waals surface area contributed by atoms with E-state index in [2.05, 4.69) is 10.3 Å². The monoisotopic (exact) mass is 391 g/mol. The van der Waals surface area contributed by atoms with E-state index in [1.54, 1.807) is 13.0 Å². The van der Waals surface area contributed by atoms with Crippen molar-refractivity contribution in [2.45, 2.75) is 38.6 Å². The maximum Gasteiger partial charge on any atom is 0.251 e. The number of aryl methyl sites for hydroxylation is 1. The second-order valence-corrected chi connectivity index (χ2v) is 7.71. The number of likely N-dealkylation sites (tertiary alicyclic amines) is 1. The van der Waals surface area contributed by atoms with E-state index in [4.69, 9.17) is 4.42 Å². The summed E-state index contributed by atoms with van der Waals surface area (Å²) < 4.78 is 5.91. The molecule has 0 aliphatic carbocycles. The van der Waals surface area contributed by atoms with Gasteiger partial charge in [0.05, 0.1) is 5.92 Å². The van der Waals surface area contributed by atoms with Gasteiger partial charge in [0, 0.05) is 18.7 Å². The maximum atomic E-state index is 12.9. The number of hydrogen-bond donors (Lipinski definition) is 1. The van der Waals surface area contributed by atoms with E-state index >= 15 is 0 Å². The molecule has 6 nitrogen and oxygen atoms in total. The maximum absolute atomic E-state index is 12.9. The van der Waals surface area contributed by atoms with Gasteiger partial charge in [-0.15, -0.1) is 0 Å². The van der Waals surface area contributed by atoms with Gasteiger partial charge in [-0.3, -0.25) is 9.59 Å². The van der Waals surface area contributed by atoms with Gasteiger partial charge < -0.3 is 14.6 Å². The van der Waals surface area contributed by atoms with Crippen LogP contribution < -0.4 is 5.32 Å². The van der Waals surface area contributed by atoms with Gasteiger partial charge in [0.1, 0.15) is 11.6 Å². The van der Waals surface area contributed by atoms with Crippen LogP contribution >= 0.6 is 0 Å². The van der Waals surface area contributed by atoms with Crippen LogP contribution in [0, 0.1) is 6.92 Å². The molecule has 150 valence electrons. The molecule has 4 rings (SSSR count). The number of carbonyl (C=O) groups is 2. The molecule has 29 heavy (non-hydrogen) atoms. The van der Waals surface area contributed by atoms with Gasteiger partial charge in [-0.1, -0.05) is 29.8 Å². The highest BCUT2D eigenvalue weighted by molar-refractivity contribution is 5.97. The lowest BCUT2D eigenvalue weighted by Gasteiger charge is -2.33. The molecule has 1 N–H and O–H groups in total. The number of oxazole rings is 1. The Balaban J connectivity index is 1.42. The first-order valence-electron chi connectivity index (χ1n) is 10.0. The number of carbonyl (C=O) groups excluding carboxylic acids is 2. The highest BCUT2D eigenvalue weighted by Gasteiger charge is 2.30. The lowest BCUT2D eigenvalue weighted by Crippen LogP contribution is -2.49. The van der Waals surface area contributed by atoms with Gasteiger partial charge in [-0.25, -0.2) is 4.98 Å². The Morgan fingerprint density at radius 1 is 1.21 bits per heavy atom. The number of fused-ring (bicyclic) bond motifs is 1. The zero-order chi connectivity index (χ0) is 20.4. The summed E-state index contributed by atoms with van der Waals surface area (Å²) in [6.07, 6.45) is 1.81. The molecule has 0 radical (unpaired) electrons. The Morgan fingerprint density at radius 2 is 2.03 bits per heavy atom. The van der Waals surface area contributed by atoms with Crippen LogP contribution in [0.4, 0.5) is 0 Å². The first-order chi connectivity index (χ1) is 14.0. The van der Waals surface area contributed by atoms with E-state index in [9.17, 15) is 9.59 Å². The van der Waals surface area contributed by atoms with Crippen LogP contribution in [0.2, 0.25) is 0 Å². The van der Waals surface area contributed by atoms with Gasteiger partial charge in [0.2, 0.25) is 5.91 Å². The summed E-state index contributed by atoms with van der Waals surface area (Å²) in [5.41, 5.74) is 3.18. The lowest BCUT2D eigenvalue weighted by atomic mass is 9.97. The molecule has 1 aliphatic heterocycles. The number of nitrogens with zero attached hydrogens (tertiary/aromatic N) is 2. The molecule has 2 atom stereocenters. The van der Waals surface area contributed by atoms with Crippen LogP contribution in [-0.4, -0.2) is 40.8 Å². The summed E-state index contributed by atoms with van der Waals surface area (Å²) in [5, 5.41) is 2.83. The predicted molar refractivity (Wildman–Crippen MR) is 111 cm³/mol. The van der Waals surface area contributed by atoms with E-state index in [1.165, 1.54) is 0 Å². The average Bonchev–Trinajstić information content (AvgIpc) is 3.17. The second-order valence-electron chi connectivity index (χ2n) is 7.71. The molecule has 6 heteroatoms. The van der Waals surface area contributed by atoms with Crippen molar-refractivity contribution in [3.8, 4) is 0 Å². The molecule has 1 fully saturated rings. The Kier molecular flexibility index (Phi) is 5.34. The van der Waals surface area contributed by atoms with Crippen LogP contribution in [0.5, 0.6) is 0 Å². The van der Waals surface area contributed by atoms with Crippen molar-refractivity contribution in [2.75, 3.05) is 13.1 Å². The standard InChI is InChI=1S/C23H25N3O3/c1-15-7-5-8-17(13-15)21(27)24-16(2)23(28)26-12-6-9-18(14-26)22-25-19-10-3-4-11-20(19)29-22/h3-5,7-8,10-11,13,16,18H,6,9,12,14H2,1-2H3,(H,24,27). The quantitative estimate of drug-likeness (QED) is 0.736. The topological polar surface area (TPSA) is 75.4 Å². The summed E-state index contributed by atoms with van der Waals surface area (Å²) in [6, 6.07) is 14.4. The minimum Gasteiger partial charge on any atom is -0.440 e. The normalized spacial score (nSPS) is 17.9. The van der Waals surface area contributed by atoms with Crippen LogP contribution in [0.1, 0.15) is 47.5 Å². The van der Waals surface area contributed by atoms with Crippen LogP contribution in [0.15, 0.2) is 52.9 Å². The summed E-state index contributed by atoms with van der Waals surface area (Å²) in [4.78, 5) is 31.8. The van der Waals surface area contributed by atoms with Crippen LogP contribution in [-0.2, 0) is 4.79 Å². The second kappa shape index (κ2) is 8.07. The van der Waals surface area contributed by atoms with E-state index in [0.29, 0.717) is 24.5 Å². The number of aromatic nitrogens is 1. The fourth-order valence-electron chi connectivity index (χ4n) is 3.85. The van der Waals surface area contributed by atoms with Gasteiger partial charge in [0.25, 0.3) is 5.91 Å². The molecule has 0 bridgehead atoms. The Morgan fingerprint density at radius 3 is 2.83 bits per heavy atom. The zero-order valence-corrected chi connectivity index (χ0v) is 16.7. The first-order valence-corrected chi connectivity index (χ1v) is 10.0. The number of amides is 2. The predicted octanol–water partition coefficient (Wildman–Crippen LogP) is 3.66. The van der Waals surface area contributed by atoms with E-state index in [0.717, 1.165) is 29.5 Å². The highest BCUT2D eigenvalue weighted by atomic mass is 16.3. The lowest BCUT2D eigenvalue weighted by molar-refractivity contribution is -0.134. The third kappa shape index (κ3) is 4.16. The molecule has 1 aromatic heterocycles. The van der Waals surface area contributed by atoms with E-state index < -0.39 is 6.04 Å². The summed E-state index contributed by atoms with van der Waals surface area (Å²) in [7, 11) is 0. The Hall–Kier alpha value is -3.15. The van der Waals surface area contributed by atoms with Crippen molar-refractivity contribution in [1.29, 1.82) is 0 Å². The smallest absolute Gasteiger partial charge is 0.251 e. The molecule has 2 aromatic carbocycles. The molecule has 0 spiro atoms. The largest absolute Gasteiger partial charge is 0.440 e. The number of hydrogen-bond acceptors (Lipinski definition) is 4. The minimum absolute atomic E-state index is 0.0692. The number of para-hydroxylation sites is 2. The first kappa shape index (κ1) is 19.2. The van der Waals surface area contributed by atoms with Gasteiger partial charge in [0.15, 0.2) is 11.5 Å². The van der Waals surface area contributed by atoms with Gasteiger partial charge >= 0.3 is 0 Å². The molecule has 0 saturated carbocycles. The molecule has 1 saturated heterocycles. The molecule has 2 heterocycles. The van der Waals surface area contributed by atoms with Crippen molar-refractivity contribution < 1.29 is 14.0 Å². The van der Waals surface area contributed by atoms with Crippen molar-refractivity contribution in [1.82, 2.24) is 15.2 Å². The van der Waals surface area contributed by atoms with Gasteiger partial charge in [-0.05, 0) is 51.0 Å². The van der Waals surface area contributed by atoms with Crippen molar-refractivity contribution in [3.63, 3.8) is 0 Å².